The summed E-state index contributed by atoms with van der Waals surface area (Å²) in [5.41, 5.74) is 3.14. The number of ether oxygens (including phenoxy) is 3. The minimum Gasteiger partial charge on any atom is -0.497 e. The van der Waals surface area contributed by atoms with E-state index in [9.17, 15) is 18.3 Å². The molecular formula is C34H35NO8S. The zero-order valence-electron chi connectivity index (χ0n) is 24.5. The van der Waals surface area contributed by atoms with Crippen molar-refractivity contribution in [3.05, 3.63) is 131 Å². The van der Waals surface area contributed by atoms with Gasteiger partial charge in [0, 0.05) is 0 Å². The number of carbonyl (C=O) groups excluding carboxylic acids is 1. The van der Waals surface area contributed by atoms with Crippen molar-refractivity contribution in [2.75, 3.05) is 13.7 Å². The molecule has 1 N–H and O–H groups in total. The molecule has 44 heavy (non-hydrogen) atoms. The Morgan fingerprint density at radius 1 is 0.841 bits per heavy atom. The number of methoxy groups -OCH3 is 1. The van der Waals surface area contributed by atoms with Crippen LogP contribution in [0.4, 0.5) is 4.79 Å². The van der Waals surface area contributed by atoms with Crippen LogP contribution in [0, 0.1) is 6.92 Å². The second-order valence-electron chi connectivity index (χ2n) is 10.6. The number of aryl methyl sites for hydroxylation is 1. The zero-order chi connectivity index (χ0) is 31.1. The van der Waals surface area contributed by atoms with Gasteiger partial charge in [-0.15, -0.1) is 0 Å². The Balaban J connectivity index is 1.50. The van der Waals surface area contributed by atoms with Gasteiger partial charge in [-0.2, -0.15) is 8.42 Å². The molecule has 1 fully saturated rings. The van der Waals surface area contributed by atoms with Crippen molar-refractivity contribution in [3.63, 3.8) is 0 Å². The van der Waals surface area contributed by atoms with Crippen molar-refractivity contribution >= 4 is 16.2 Å². The van der Waals surface area contributed by atoms with Crippen LogP contribution in [0.5, 0.6) is 5.75 Å². The first-order valence-corrected chi connectivity index (χ1v) is 15.6. The van der Waals surface area contributed by atoms with Gasteiger partial charge in [-0.25, -0.2) is 4.79 Å². The number of piperidine rings is 1. The third-order valence-corrected chi connectivity index (χ3v) is 8.83. The molecule has 0 aromatic heterocycles. The van der Waals surface area contributed by atoms with Gasteiger partial charge in [0.15, 0.2) is 0 Å². The highest BCUT2D eigenvalue weighted by molar-refractivity contribution is 7.86. The van der Waals surface area contributed by atoms with E-state index in [1.54, 1.807) is 43.5 Å². The van der Waals surface area contributed by atoms with Crippen LogP contribution >= 0.6 is 0 Å². The lowest BCUT2D eigenvalue weighted by Gasteiger charge is -2.46. The number of benzene rings is 4. The molecule has 4 atom stereocenters. The normalized spacial score (nSPS) is 20.2. The molecule has 1 aliphatic heterocycles. The third-order valence-electron chi connectivity index (χ3n) is 7.48. The van der Waals surface area contributed by atoms with Crippen LogP contribution in [0.3, 0.4) is 0 Å². The van der Waals surface area contributed by atoms with E-state index in [0.29, 0.717) is 11.3 Å². The lowest BCUT2D eigenvalue weighted by Crippen LogP contribution is -2.60. The van der Waals surface area contributed by atoms with Crippen LogP contribution < -0.4 is 4.74 Å². The second kappa shape index (κ2) is 14.0. The molecule has 0 unspecified atom stereocenters. The van der Waals surface area contributed by atoms with E-state index in [4.69, 9.17) is 18.4 Å². The predicted molar refractivity (Wildman–Crippen MR) is 163 cm³/mol. The smallest absolute Gasteiger partial charge is 0.410 e. The molecule has 4 aromatic carbocycles. The van der Waals surface area contributed by atoms with Gasteiger partial charge in [0.1, 0.15) is 30.7 Å². The van der Waals surface area contributed by atoms with E-state index in [2.05, 4.69) is 0 Å². The van der Waals surface area contributed by atoms with Gasteiger partial charge in [0.25, 0.3) is 10.1 Å². The molecule has 4 aromatic rings. The standard InChI is InChI=1S/C34H35NO8S/c1-24-13-19-29(20-14-24)44(38,39)43-30-21-35(34(37)42-23-26-11-7-4-8-12-26)31(27-15-17-28(40-2)18-16-27)33(32(30)36)41-22-25-9-5-3-6-10-25/h3-20,30-33,36H,21-23H2,1-2H3/t30-,31+,32-,33+/m0/s1. The molecule has 0 radical (unpaired) electrons. The number of carbonyl (C=O) groups is 1. The maximum atomic E-state index is 13.8. The Morgan fingerprint density at radius 2 is 1.43 bits per heavy atom. The second-order valence-corrected chi connectivity index (χ2v) is 12.1. The summed E-state index contributed by atoms with van der Waals surface area (Å²) in [6.07, 6.45) is -4.57. The van der Waals surface area contributed by atoms with Crippen LogP contribution in [-0.4, -0.2) is 56.5 Å². The fourth-order valence-corrected chi connectivity index (χ4v) is 6.20. The summed E-state index contributed by atoms with van der Waals surface area (Å²) in [5.74, 6) is 0.607. The number of nitrogens with zero attached hydrogens (tertiary/aromatic N) is 1. The molecule has 10 heteroatoms. The van der Waals surface area contributed by atoms with Crippen molar-refractivity contribution in [1.29, 1.82) is 0 Å². The number of rotatable bonds is 10. The lowest BCUT2D eigenvalue weighted by atomic mass is 9.89. The number of likely N-dealkylation sites (tertiary alicyclic amines) is 1. The van der Waals surface area contributed by atoms with E-state index < -0.39 is 40.6 Å². The van der Waals surface area contributed by atoms with Crippen molar-refractivity contribution in [1.82, 2.24) is 4.90 Å². The highest BCUT2D eigenvalue weighted by Gasteiger charge is 2.49. The van der Waals surface area contributed by atoms with E-state index >= 15 is 0 Å². The summed E-state index contributed by atoms with van der Waals surface area (Å²) in [4.78, 5) is 15.1. The molecule has 1 amide bonds. The van der Waals surface area contributed by atoms with E-state index in [1.165, 1.54) is 17.0 Å². The number of hydrogen-bond donors (Lipinski definition) is 1. The summed E-state index contributed by atoms with van der Waals surface area (Å²) in [7, 11) is -2.76. The lowest BCUT2D eigenvalue weighted by molar-refractivity contribution is -0.152. The van der Waals surface area contributed by atoms with Crippen LogP contribution in [0.25, 0.3) is 0 Å². The Labute approximate surface area is 257 Å². The summed E-state index contributed by atoms with van der Waals surface area (Å²) in [6, 6.07) is 31.0. The first kappa shape index (κ1) is 31.2. The van der Waals surface area contributed by atoms with Crippen molar-refractivity contribution in [3.8, 4) is 5.75 Å². The van der Waals surface area contributed by atoms with Gasteiger partial charge in [-0.3, -0.25) is 9.08 Å². The average Bonchev–Trinajstić information content (AvgIpc) is 3.05. The molecule has 1 aliphatic rings. The minimum absolute atomic E-state index is 0.00319. The molecule has 1 saturated heterocycles. The Hall–Kier alpha value is -4.22. The van der Waals surface area contributed by atoms with E-state index in [-0.39, 0.29) is 24.7 Å². The van der Waals surface area contributed by atoms with Gasteiger partial charge >= 0.3 is 6.09 Å². The number of amides is 1. The predicted octanol–water partition coefficient (Wildman–Crippen LogP) is 5.42. The minimum atomic E-state index is -4.31. The number of aliphatic hydroxyl groups is 1. The molecule has 5 rings (SSSR count). The molecule has 0 saturated carbocycles. The topological polar surface area (TPSA) is 112 Å². The van der Waals surface area contributed by atoms with Crippen molar-refractivity contribution in [2.45, 2.75) is 49.4 Å². The number of aliphatic hydroxyl groups excluding tert-OH is 1. The van der Waals surface area contributed by atoms with E-state index in [1.807, 2.05) is 67.6 Å². The van der Waals surface area contributed by atoms with Gasteiger partial charge in [0.05, 0.1) is 31.2 Å². The molecule has 1 heterocycles. The molecule has 230 valence electrons. The largest absolute Gasteiger partial charge is 0.497 e. The van der Waals surface area contributed by atoms with Crippen LogP contribution in [0.1, 0.15) is 28.3 Å². The van der Waals surface area contributed by atoms with Crippen molar-refractivity contribution in [2.24, 2.45) is 0 Å². The SMILES string of the molecule is COc1ccc([C@@H]2[C@@H](OCc3ccccc3)[C@@H](O)[C@@H](OS(=O)(=O)c3ccc(C)cc3)CN2C(=O)OCc2ccccc2)cc1. The molecular weight excluding hydrogens is 582 g/mol. The Bertz CT molecular complexity index is 1610. The quantitative estimate of drug-likeness (QED) is 0.235. The summed E-state index contributed by atoms with van der Waals surface area (Å²) < 4.78 is 49.6. The monoisotopic (exact) mass is 617 g/mol. The highest BCUT2D eigenvalue weighted by atomic mass is 32.2. The Kier molecular flexibility index (Phi) is 9.96. The van der Waals surface area contributed by atoms with Gasteiger partial charge in [0.2, 0.25) is 0 Å². The number of hydrogen-bond acceptors (Lipinski definition) is 8. The first-order chi connectivity index (χ1) is 21.2. The van der Waals surface area contributed by atoms with Gasteiger partial charge < -0.3 is 19.3 Å². The maximum absolute atomic E-state index is 13.8. The molecule has 0 spiro atoms. The van der Waals surface area contributed by atoms with Crippen molar-refractivity contribution < 1.29 is 36.7 Å². The molecule has 9 nitrogen and oxygen atoms in total. The summed E-state index contributed by atoms with van der Waals surface area (Å²) in [6.45, 7) is 1.66. The Morgan fingerprint density at radius 3 is 2.02 bits per heavy atom. The van der Waals surface area contributed by atoms with Gasteiger partial charge in [-0.1, -0.05) is 90.5 Å². The highest BCUT2D eigenvalue weighted by Crippen LogP contribution is 2.37. The van der Waals surface area contributed by atoms with Crippen LogP contribution in [0.2, 0.25) is 0 Å². The van der Waals surface area contributed by atoms with E-state index in [0.717, 1.165) is 16.7 Å². The van der Waals surface area contributed by atoms with Crippen LogP contribution in [0.15, 0.2) is 114 Å². The fourth-order valence-electron chi connectivity index (χ4n) is 5.12. The molecule has 0 bridgehead atoms. The maximum Gasteiger partial charge on any atom is 0.410 e. The summed E-state index contributed by atoms with van der Waals surface area (Å²) in [5, 5.41) is 11.7. The van der Waals surface area contributed by atoms with Crippen LogP contribution in [-0.2, 0) is 37.0 Å². The first-order valence-electron chi connectivity index (χ1n) is 14.2. The summed E-state index contributed by atoms with van der Waals surface area (Å²) >= 11 is 0. The molecule has 0 aliphatic carbocycles. The zero-order valence-corrected chi connectivity index (χ0v) is 25.3. The average molecular weight is 618 g/mol. The third kappa shape index (κ3) is 7.46. The van der Waals surface area contributed by atoms with Gasteiger partial charge in [-0.05, 0) is 47.9 Å². The fraction of sp³-hybridized carbons (Fsp3) is 0.265.